The summed E-state index contributed by atoms with van der Waals surface area (Å²) in [6.07, 6.45) is 17.8. The predicted octanol–water partition coefficient (Wildman–Crippen LogP) is 3.22. The molecule has 198 valence electrons. The minimum absolute atomic E-state index is 0.568. The van der Waals surface area contributed by atoms with Crippen LogP contribution in [0.2, 0.25) is 0 Å². The molecule has 2 aliphatic carbocycles. The van der Waals surface area contributed by atoms with Crippen molar-refractivity contribution in [3.8, 4) is 0 Å². The number of fused-ring (bicyclic) bond motifs is 2. The first-order valence-corrected chi connectivity index (χ1v) is 14.0. The van der Waals surface area contributed by atoms with Crippen molar-refractivity contribution in [1.29, 1.82) is 0 Å². The molecule has 0 bridgehead atoms. The van der Waals surface area contributed by atoms with Gasteiger partial charge in [-0.3, -0.25) is 4.98 Å². The largest absolute Gasteiger partial charge is 0.370 e. The second-order valence-electron chi connectivity index (χ2n) is 11.1. The average molecular weight is 493 g/mol. The molecule has 2 fully saturated rings. The van der Waals surface area contributed by atoms with Crippen molar-refractivity contribution in [1.82, 2.24) is 25.0 Å². The van der Waals surface area contributed by atoms with Crippen LogP contribution < -0.4 is 11.1 Å². The molecule has 0 amide bonds. The van der Waals surface area contributed by atoms with Crippen LogP contribution in [0, 0.1) is 5.92 Å². The molecule has 3 aliphatic heterocycles. The van der Waals surface area contributed by atoms with Crippen LogP contribution in [0.3, 0.4) is 0 Å². The van der Waals surface area contributed by atoms with Gasteiger partial charge in [-0.25, -0.2) is 0 Å². The van der Waals surface area contributed by atoms with Crippen molar-refractivity contribution < 1.29 is 0 Å². The van der Waals surface area contributed by atoms with Crippen LogP contribution in [-0.4, -0.2) is 92.7 Å². The molecule has 5 aliphatic rings. The van der Waals surface area contributed by atoms with E-state index in [2.05, 4.69) is 76.2 Å². The number of likely N-dealkylation sites (tertiary alicyclic amines) is 2. The van der Waals surface area contributed by atoms with E-state index < -0.39 is 0 Å². The molecule has 6 heteroatoms. The van der Waals surface area contributed by atoms with Crippen LogP contribution >= 0.6 is 0 Å². The Kier molecular flexibility index (Phi) is 9.77. The fourth-order valence-corrected chi connectivity index (χ4v) is 6.54. The summed E-state index contributed by atoms with van der Waals surface area (Å²) in [6, 6.07) is 5.56. The Hall–Kier alpha value is -1.99. The van der Waals surface area contributed by atoms with Crippen molar-refractivity contribution in [2.24, 2.45) is 11.7 Å². The van der Waals surface area contributed by atoms with Crippen LogP contribution in [0.5, 0.6) is 0 Å². The fraction of sp³-hybridized carbons (Fsp3) is 0.633. The van der Waals surface area contributed by atoms with Crippen molar-refractivity contribution >= 4 is 0 Å². The van der Waals surface area contributed by atoms with Gasteiger partial charge >= 0.3 is 0 Å². The van der Waals surface area contributed by atoms with Gasteiger partial charge < -0.3 is 25.8 Å². The van der Waals surface area contributed by atoms with E-state index in [4.69, 9.17) is 0 Å². The standard InChI is InChI=1S/C20H32N4.C9H11N.CH5N/c1-22(2)13-17-10-18-15(11-21-17)6-4-5-7-19(18)24-12-16-8-9-23(3)20(16)14-24;1-2-6-9-8(4-1)5-3-7-10-9;1-2/h4,6-7,16-17,20-21H,5,8-14H2,1-3H3;3,5,7H,1-2,4,6H2;2H2,1H3. The zero-order valence-corrected chi connectivity index (χ0v) is 23.0. The van der Waals surface area contributed by atoms with Crippen molar-refractivity contribution in [3.05, 3.63) is 64.7 Å². The number of rotatable bonds is 3. The molecule has 3 atom stereocenters. The van der Waals surface area contributed by atoms with E-state index in [0.717, 1.165) is 37.9 Å². The van der Waals surface area contributed by atoms with Crippen LogP contribution in [0.4, 0.5) is 0 Å². The molecular formula is C30H48N6. The summed E-state index contributed by atoms with van der Waals surface area (Å²) in [5.41, 5.74) is 12.0. The number of allylic oxidation sites excluding steroid dienone is 3. The number of hydrogen-bond acceptors (Lipinski definition) is 6. The molecule has 2 saturated heterocycles. The highest BCUT2D eigenvalue weighted by molar-refractivity contribution is 5.45. The number of pyridine rings is 1. The van der Waals surface area contributed by atoms with Gasteiger partial charge in [0.25, 0.3) is 0 Å². The fourth-order valence-electron chi connectivity index (χ4n) is 6.54. The zero-order valence-electron chi connectivity index (χ0n) is 23.0. The van der Waals surface area contributed by atoms with Crippen LogP contribution in [0.25, 0.3) is 0 Å². The van der Waals surface area contributed by atoms with Gasteiger partial charge in [-0.15, -0.1) is 0 Å². The molecule has 0 saturated carbocycles. The first-order chi connectivity index (χ1) is 17.6. The second-order valence-corrected chi connectivity index (χ2v) is 11.1. The molecule has 0 radical (unpaired) electrons. The predicted molar refractivity (Wildman–Crippen MR) is 151 cm³/mol. The van der Waals surface area contributed by atoms with E-state index in [-0.39, 0.29) is 0 Å². The van der Waals surface area contributed by atoms with Crippen LogP contribution in [0.15, 0.2) is 53.4 Å². The third-order valence-corrected chi connectivity index (χ3v) is 8.34. The quantitative estimate of drug-likeness (QED) is 0.676. The summed E-state index contributed by atoms with van der Waals surface area (Å²) >= 11 is 0. The number of aryl methyl sites for hydroxylation is 2. The monoisotopic (exact) mass is 492 g/mol. The van der Waals surface area contributed by atoms with Crippen molar-refractivity contribution in [2.75, 3.05) is 60.9 Å². The Morgan fingerprint density at radius 2 is 2.00 bits per heavy atom. The van der Waals surface area contributed by atoms with Gasteiger partial charge in [0, 0.05) is 55.9 Å². The summed E-state index contributed by atoms with van der Waals surface area (Å²) in [5.74, 6) is 0.871. The maximum absolute atomic E-state index is 4.50. The normalized spacial score (nSPS) is 27.2. The van der Waals surface area contributed by atoms with Gasteiger partial charge in [0.05, 0.1) is 0 Å². The van der Waals surface area contributed by atoms with Gasteiger partial charge in [0.2, 0.25) is 0 Å². The summed E-state index contributed by atoms with van der Waals surface area (Å²) in [6.45, 7) is 5.88. The summed E-state index contributed by atoms with van der Waals surface area (Å²) in [5, 5.41) is 3.73. The average Bonchev–Trinajstić information content (AvgIpc) is 3.40. The molecular weight excluding hydrogens is 444 g/mol. The third kappa shape index (κ3) is 6.46. The van der Waals surface area contributed by atoms with E-state index in [1.165, 1.54) is 75.6 Å². The number of likely N-dealkylation sites (N-methyl/N-ethyl adjacent to an activating group) is 2. The summed E-state index contributed by atoms with van der Waals surface area (Å²) in [7, 11) is 8.15. The van der Waals surface area contributed by atoms with E-state index in [9.17, 15) is 0 Å². The zero-order chi connectivity index (χ0) is 25.5. The van der Waals surface area contributed by atoms with Gasteiger partial charge in [-0.2, -0.15) is 0 Å². The lowest BCUT2D eigenvalue weighted by atomic mass is 9.92. The van der Waals surface area contributed by atoms with Crippen LogP contribution in [0.1, 0.15) is 43.4 Å². The molecule has 4 heterocycles. The lowest BCUT2D eigenvalue weighted by Gasteiger charge is -2.34. The van der Waals surface area contributed by atoms with E-state index >= 15 is 0 Å². The highest BCUT2D eigenvalue weighted by atomic mass is 15.3. The summed E-state index contributed by atoms with van der Waals surface area (Å²) in [4.78, 5) is 11.9. The molecule has 6 nitrogen and oxygen atoms in total. The lowest BCUT2D eigenvalue weighted by Crippen LogP contribution is -2.43. The first-order valence-electron chi connectivity index (χ1n) is 14.0. The maximum atomic E-state index is 4.50. The minimum Gasteiger partial charge on any atom is -0.370 e. The Bertz CT molecular complexity index is 924. The molecule has 3 N–H and O–H groups in total. The minimum atomic E-state index is 0.568. The number of hydrogen-bond donors (Lipinski definition) is 2. The van der Waals surface area contributed by atoms with Crippen LogP contribution in [-0.2, 0) is 12.8 Å². The molecule has 0 spiro atoms. The van der Waals surface area contributed by atoms with Crippen molar-refractivity contribution in [2.45, 2.75) is 57.0 Å². The van der Waals surface area contributed by atoms with Gasteiger partial charge in [0.15, 0.2) is 0 Å². The molecule has 36 heavy (non-hydrogen) atoms. The third-order valence-electron chi connectivity index (χ3n) is 8.34. The number of nitrogens with two attached hydrogens (primary N) is 1. The Balaban J connectivity index is 0.000000211. The first kappa shape index (κ1) is 27.1. The highest BCUT2D eigenvalue weighted by Gasteiger charge is 2.41. The number of nitrogens with zero attached hydrogens (tertiary/aromatic N) is 4. The Morgan fingerprint density at radius 1 is 1.17 bits per heavy atom. The smallest absolute Gasteiger partial charge is 0.0435 e. The summed E-state index contributed by atoms with van der Waals surface area (Å²) < 4.78 is 0. The van der Waals surface area contributed by atoms with Gasteiger partial charge in [0.1, 0.15) is 0 Å². The molecule has 1 aromatic heterocycles. The topological polar surface area (TPSA) is 60.7 Å². The molecule has 1 aromatic rings. The molecule has 0 aromatic carbocycles. The van der Waals surface area contributed by atoms with E-state index in [1.54, 1.807) is 11.3 Å². The van der Waals surface area contributed by atoms with E-state index in [1.807, 2.05) is 12.3 Å². The highest BCUT2D eigenvalue weighted by Crippen LogP contribution is 2.37. The molecule has 3 unspecified atom stereocenters. The number of aromatic nitrogens is 1. The lowest BCUT2D eigenvalue weighted by molar-refractivity contribution is 0.283. The van der Waals surface area contributed by atoms with Crippen molar-refractivity contribution in [3.63, 3.8) is 0 Å². The molecule has 6 rings (SSSR count). The Labute approximate surface area is 219 Å². The SMILES string of the molecule is CN.CN(C)CC1CC2=C(C=CCC=C2N2CC3CCN(C)C3C2)CN1.c1cnc2c(c1)CCCC2. The van der Waals surface area contributed by atoms with Gasteiger partial charge in [-0.05, 0) is 108 Å². The second kappa shape index (κ2) is 13.0. The Morgan fingerprint density at radius 3 is 2.78 bits per heavy atom. The number of nitrogens with one attached hydrogen (secondary N) is 1. The van der Waals surface area contributed by atoms with Gasteiger partial charge in [-0.1, -0.05) is 24.3 Å². The van der Waals surface area contributed by atoms with E-state index in [0.29, 0.717) is 6.04 Å². The maximum Gasteiger partial charge on any atom is 0.0435 e.